The molecule has 1 aromatic carbocycles. The highest BCUT2D eigenvalue weighted by atomic mass is 16.2. The van der Waals surface area contributed by atoms with Crippen molar-refractivity contribution in [3.63, 3.8) is 0 Å². The summed E-state index contributed by atoms with van der Waals surface area (Å²) in [6, 6.07) is 6.06. The third kappa shape index (κ3) is 1.89. The highest BCUT2D eigenvalue weighted by Crippen LogP contribution is 2.46. The number of amides is 1. The summed E-state index contributed by atoms with van der Waals surface area (Å²) >= 11 is 0. The Morgan fingerprint density at radius 1 is 1.27 bits per heavy atom. The number of benzene rings is 1. The Hall–Kier alpha value is -1.31. The van der Waals surface area contributed by atoms with Crippen molar-refractivity contribution < 1.29 is 4.79 Å². The van der Waals surface area contributed by atoms with Gasteiger partial charge in [0.05, 0.1) is 0 Å². The summed E-state index contributed by atoms with van der Waals surface area (Å²) in [5.74, 6) is 0.167. The Bertz CT molecular complexity index is 385. The zero-order chi connectivity index (χ0) is 11.1. The fourth-order valence-corrected chi connectivity index (χ4v) is 1.69. The van der Waals surface area contributed by atoms with Crippen molar-refractivity contribution in [1.82, 2.24) is 0 Å². The second-order valence-corrected chi connectivity index (χ2v) is 4.78. The van der Waals surface area contributed by atoms with E-state index in [1.165, 1.54) is 0 Å². The van der Waals surface area contributed by atoms with Gasteiger partial charge in [0.25, 0.3) is 0 Å². The predicted octanol–water partition coefficient (Wildman–Crippen LogP) is 3.04. The number of carbonyl (C=O) groups is 1. The lowest BCUT2D eigenvalue weighted by Crippen LogP contribution is -2.22. The molecular weight excluding hydrogens is 186 g/mol. The number of para-hydroxylation sites is 1. The maximum atomic E-state index is 11.9. The van der Waals surface area contributed by atoms with Gasteiger partial charge in [-0.1, -0.05) is 25.1 Å². The zero-order valence-electron chi connectivity index (χ0n) is 9.55. The fourth-order valence-electron chi connectivity index (χ4n) is 1.69. The van der Waals surface area contributed by atoms with Crippen molar-refractivity contribution in [1.29, 1.82) is 0 Å². The third-order valence-electron chi connectivity index (χ3n) is 3.27. The summed E-state index contributed by atoms with van der Waals surface area (Å²) < 4.78 is 0. The van der Waals surface area contributed by atoms with Crippen molar-refractivity contribution in [3.05, 3.63) is 29.3 Å². The Kier molecular flexibility index (Phi) is 2.29. The van der Waals surface area contributed by atoms with Gasteiger partial charge >= 0.3 is 0 Å². The average Bonchev–Trinajstić information content (AvgIpc) is 2.91. The Labute approximate surface area is 90.7 Å². The Balaban J connectivity index is 2.20. The monoisotopic (exact) mass is 203 g/mol. The van der Waals surface area contributed by atoms with Gasteiger partial charge in [0, 0.05) is 11.1 Å². The van der Waals surface area contributed by atoms with Gasteiger partial charge in [-0.2, -0.15) is 0 Å². The molecule has 0 radical (unpaired) electrons. The van der Waals surface area contributed by atoms with E-state index >= 15 is 0 Å². The predicted molar refractivity (Wildman–Crippen MR) is 61.9 cm³/mol. The molecule has 1 amide bonds. The standard InChI is InChI=1S/C13H17NO/c1-9-5-4-6-10(2)11(9)14-12(15)13(3)7-8-13/h4-6H,7-8H2,1-3H3,(H,14,15). The first-order valence-electron chi connectivity index (χ1n) is 5.41. The molecule has 0 unspecified atom stereocenters. The van der Waals surface area contributed by atoms with Crippen LogP contribution < -0.4 is 5.32 Å². The maximum Gasteiger partial charge on any atom is 0.230 e. The molecule has 1 aliphatic rings. The van der Waals surface area contributed by atoms with E-state index in [9.17, 15) is 4.79 Å². The molecule has 0 aliphatic heterocycles. The van der Waals surface area contributed by atoms with Crippen molar-refractivity contribution >= 4 is 11.6 Å². The molecule has 1 fully saturated rings. The van der Waals surface area contributed by atoms with E-state index in [0.717, 1.165) is 29.7 Å². The highest BCUT2D eigenvalue weighted by Gasteiger charge is 2.44. The van der Waals surface area contributed by atoms with Crippen LogP contribution in [0, 0.1) is 19.3 Å². The number of hydrogen-bond acceptors (Lipinski definition) is 1. The molecule has 15 heavy (non-hydrogen) atoms. The van der Waals surface area contributed by atoms with E-state index < -0.39 is 0 Å². The minimum absolute atomic E-state index is 0.102. The lowest BCUT2D eigenvalue weighted by molar-refractivity contribution is -0.120. The van der Waals surface area contributed by atoms with E-state index in [-0.39, 0.29) is 11.3 Å². The largest absolute Gasteiger partial charge is 0.325 e. The molecule has 2 heteroatoms. The second kappa shape index (κ2) is 3.37. The summed E-state index contributed by atoms with van der Waals surface area (Å²) in [4.78, 5) is 11.9. The van der Waals surface area contributed by atoms with Crippen LogP contribution >= 0.6 is 0 Å². The maximum absolute atomic E-state index is 11.9. The first kappa shape index (κ1) is 10.2. The molecule has 0 atom stereocenters. The topological polar surface area (TPSA) is 29.1 Å². The van der Waals surface area contributed by atoms with Crippen LogP contribution in [0.25, 0.3) is 0 Å². The van der Waals surface area contributed by atoms with Crippen LogP contribution in [0.15, 0.2) is 18.2 Å². The van der Waals surface area contributed by atoms with E-state index in [0.29, 0.717) is 0 Å². The van der Waals surface area contributed by atoms with Crippen LogP contribution in [-0.2, 0) is 4.79 Å². The SMILES string of the molecule is Cc1cccc(C)c1NC(=O)C1(C)CC1. The average molecular weight is 203 g/mol. The van der Waals surface area contributed by atoms with Crippen LogP contribution in [0.2, 0.25) is 0 Å². The number of anilines is 1. The number of rotatable bonds is 2. The van der Waals surface area contributed by atoms with E-state index in [1.807, 2.05) is 39.0 Å². The summed E-state index contributed by atoms with van der Waals surface area (Å²) in [6.45, 7) is 6.08. The lowest BCUT2D eigenvalue weighted by Gasteiger charge is -2.14. The molecule has 0 aromatic heterocycles. The van der Waals surface area contributed by atoms with Gasteiger partial charge in [-0.3, -0.25) is 4.79 Å². The van der Waals surface area contributed by atoms with Crippen LogP contribution in [0.5, 0.6) is 0 Å². The molecule has 1 aromatic rings. The summed E-state index contributed by atoms with van der Waals surface area (Å²) in [6.07, 6.45) is 2.04. The van der Waals surface area contributed by atoms with Crippen LogP contribution in [0.3, 0.4) is 0 Å². The van der Waals surface area contributed by atoms with Gasteiger partial charge < -0.3 is 5.32 Å². The first-order valence-corrected chi connectivity index (χ1v) is 5.41. The Morgan fingerprint density at radius 2 is 1.80 bits per heavy atom. The van der Waals surface area contributed by atoms with Crippen LogP contribution in [-0.4, -0.2) is 5.91 Å². The number of nitrogens with one attached hydrogen (secondary N) is 1. The van der Waals surface area contributed by atoms with E-state index in [2.05, 4.69) is 5.32 Å². The van der Waals surface area contributed by atoms with Crippen LogP contribution in [0.4, 0.5) is 5.69 Å². The quantitative estimate of drug-likeness (QED) is 0.786. The summed E-state index contributed by atoms with van der Waals surface area (Å²) in [5.41, 5.74) is 3.14. The number of hydrogen-bond donors (Lipinski definition) is 1. The lowest BCUT2D eigenvalue weighted by atomic mass is 10.1. The molecule has 0 saturated heterocycles. The molecule has 0 heterocycles. The molecule has 1 saturated carbocycles. The number of carbonyl (C=O) groups excluding carboxylic acids is 1. The van der Waals surface area contributed by atoms with Crippen molar-refractivity contribution in [2.75, 3.05) is 5.32 Å². The van der Waals surface area contributed by atoms with Gasteiger partial charge in [0.15, 0.2) is 0 Å². The van der Waals surface area contributed by atoms with Crippen molar-refractivity contribution in [2.24, 2.45) is 5.41 Å². The van der Waals surface area contributed by atoms with E-state index in [1.54, 1.807) is 0 Å². The molecule has 0 spiro atoms. The molecule has 1 aliphatic carbocycles. The second-order valence-electron chi connectivity index (χ2n) is 4.78. The highest BCUT2D eigenvalue weighted by molar-refractivity contribution is 5.97. The Morgan fingerprint density at radius 3 is 2.27 bits per heavy atom. The molecule has 1 N–H and O–H groups in total. The van der Waals surface area contributed by atoms with Gasteiger partial charge in [-0.15, -0.1) is 0 Å². The summed E-state index contributed by atoms with van der Waals surface area (Å²) in [7, 11) is 0. The molecule has 0 bridgehead atoms. The van der Waals surface area contributed by atoms with E-state index in [4.69, 9.17) is 0 Å². The van der Waals surface area contributed by atoms with Crippen molar-refractivity contribution in [2.45, 2.75) is 33.6 Å². The summed E-state index contributed by atoms with van der Waals surface area (Å²) in [5, 5.41) is 3.04. The van der Waals surface area contributed by atoms with Crippen molar-refractivity contribution in [3.8, 4) is 0 Å². The number of aryl methyl sites for hydroxylation is 2. The smallest absolute Gasteiger partial charge is 0.230 e. The van der Waals surface area contributed by atoms with Gasteiger partial charge in [0.2, 0.25) is 5.91 Å². The van der Waals surface area contributed by atoms with Gasteiger partial charge in [-0.05, 0) is 37.8 Å². The minimum atomic E-state index is -0.102. The normalized spacial score (nSPS) is 17.3. The van der Waals surface area contributed by atoms with Gasteiger partial charge in [-0.25, -0.2) is 0 Å². The molecule has 2 rings (SSSR count). The molecule has 80 valence electrons. The first-order chi connectivity index (χ1) is 7.03. The van der Waals surface area contributed by atoms with Crippen LogP contribution in [0.1, 0.15) is 30.9 Å². The van der Waals surface area contributed by atoms with Gasteiger partial charge in [0.1, 0.15) is 0 Å². The zero-order valence-corrected chi connectivity index (χ0v) is 9.55. The minimum Gasteiger partial charge on any atom is -0.325 e. The molecule has 2 nitrogen and oxygen atoms in total. The fraction of sp³-hybridized carbons (Fsp3) is 0.462. The molecular formula is C13H17NO. The third-order valence-corrected chi connectivity index (χ3v) is 3.27.